The fourth-order valence-electron chi connectivity index (χ4n) is 2.61. The number of pyridine rings is 1. The fraction of sp³-hybridized carbons (Fsp3) is 0.526. The summed E-state index contributed by atoms with van der Waals surface area (Å²) in [6, 6.07) is 4.00. The lowest BCUT2D eigenvalue weighted by atomic mass is 10.1. The summed E-state index contributed by atoms with van der Waals surface area (Å²) in [5.74, 6) is 0.685. The molecule has 0 bridgehead atoms. The van der Waals surface area contributed by atoms with E-state index in [-0.39, 0.29) is 12.7 Å². The number of aliphatic hydroxyl groups is 1. The van der Waals surface area contributed by atoms with Crippen LogP contribution in [0, 0.1) is 0 Å². The predicted molar refractivity (Wildman–Crippen MR) is 103 cm³/mol. The average Bonchev–Trinajstić information content (AvgIpc) is 2.59. The molecule has 0 radical (unpaired) electrons. The van der Waals surface area contributed by atoms with Crippen molar-refractivity contribution in [3.63, 3.8) is 0 Å². The number of carbonyl (C=O) groups excluding carboxylic acids is 1. The molecule has 26 heavy (non-hydrogen) atoms. The Balaban J connectivity index is 2.09. The number of rotatable bonds is 5. The second-order valence-electron chi connectivity index (χ2n) is 7.21. The van der Waals surface area contributed by atoms with Crippen LogP contribution in [-0.2, 0) is 17.6 Å². The Morgan fingerprint density at radius 2 is 2.23 bits per heavy atom. The maximum Gasteiger partial charge on any atom is 0.416 e. The topological polar surface area (TPSA) is 101 Å². The molecule has 3 N–H and O–H groups in total. The van der Waals surface area contributed by atoms with Crippen LogP contribution < -0.4 is 10.6 Å². The molecule has 0 saturated carbocycles. The van der Waals surface area contributed by atoms with E-state index >= 15 is 0 Å². The van der Waals surface area contributed by atoms with Gasteiger partial charge >= 0.3 is 6.09 Å². The van der Waals surface area contributed by atoms with Gasteiger partial charge in [-0.1, -0.05) is 6.07 Å². The Kier molecular flexibility index (Phi) is 6.74. The van der Waals surface area contributed by atoms with Crippen LogP contribution in [0.2, 0.25) is 0 Å². The molecule has 0 saturated heterocycles. The number of hydrogen-bond donors (Lipinski definition) is 2. The molecule has 1 aliphatic rings. The Labute approximate surface area is 154 Å². The van der Waals surface area contributed by atoms with Gasteiger partial charge in [0, 0.05) is 43.2 Å². The Morgan fingerprint density at radius 3 is 2.88 bits per heavy atom. The molecule has 0 unspecified atom stereocenters. The highest BCUT2D eigenvalue weighted by Crippen LogP contribution is 2.27. The van der Waals surface area contributed by atoms with E-state index < -0.39 is 5.60 Å². The fourth-order valence-corrected chi connectivity index (χ4v) is 2.61. The zero-order valence-electron chi connectivity index (χ0n) is 15.7. The number of anilines is 1. The van der Waals surface area contributed by atoms with E-state index in [4.69, 9.17) is 15.6 Å². The standard InChI is InChI=1S/C19H28N4O3/c1-19(2,3)26-18(25)23-10-4-5-15-6-7-16(22-17(15)23)8-9-21-12-14(11-20)13-24/h6-7,11-12,24H,4-5,8-10,13,20H2,1-3H3. The molecule has 0 aliphatic carbocycles. The number of amides is 1. The van der Waals surface area contributed by atoms with E-state index in [1.165, 1.54) is 6.20 Å². The molecule has 7 heteroatoms. The number of hydrogen-bond acceptors (Lipinski definition) is 6. The minimum atomic E-state index is -0.540. The van der Waals surface area contributed by atoms with Gasteiger partial charge < -0.3 is 15.6 Å². The Bertz CT molecular complexity index is 693. The molecule has 1 aliphatic heterocycles. The minimum Gasteiger partial charge on any atom is -0.443 e. The zero-order valence-corrected chi connectivity index (χ0v) is 15.7. The number of aliphatic imine (C=N–C) groups is 1. The summed E-state index contributed by atoms with van der Waals surface area (Å²) >= 11 is 0. The molecule has 1 amide bonds. The quantitative estimate of drug-likeness (QED) is 0.784. The van der Waals surface area contributed by atoms with Crippen molar-refractivity contribution >= 4 is 18.1 Å². The van der Waals surface area contributed by atoms with Crippen molar-refractivity contribution in [2.75, 3.05) is 24.6 Å². The zero-order chi connectivity index (χ0) is 19.2. The van der Waals surface area contributed by atoms with Crippen LogP contribution in [0.5, 0.6) is 0 Å². The molecule has 0 fully saturated rings. The first kappa shape index (κ1) is 19.9. The van der Waals surface area contributed by atoms with Crippen LogP contribution in [0.4, 0.5) is 10.6 Å². The Hall–Kier alpha value is -2.41. The number of nitrogens with two attached hydrogens (primary N) is 1. The number of aliphatic hydroxyl groups excluding tert-OH is 1. The van der Waals surface area contributed by atoms with Gasteiger partial charge in [-0.2, -0.15) is 0 Å². The van der Waals surface area contributed by atoms with E-state index in [0.29, 0.717) is 30.9 Å². The van der Waals surface area contributed by atoms with Crippen LogP contribution in [0.1, 0.15) is 38.4 Å². The van der Waals surface area contributed by atoms with Crippen molar-refractivity contribution < 1.29 is 14.6 Å². The molecule has 0 aromatic carbocycles. The SMILES string of the molecule is CC(C)(C)OC(=O)N1CCCc2ccc(CCN=CC(=CN)CO)nc21. The van der Waals surface area contributed by atoms with Crippen molar-refractivity contribution in [1.82, 2.24) is 4.98 Å². The molecule has 1 aromatic heterocycles. The molecular weight excluding hydrogens is 332 g/mol. The van der Waals surface area contributed by atoms with Crippen LogP contribution in [0.15, 0.2) is 28.9 Å². The van der Waals surface area contributed by atoms with Crippen molar-refractivity contribution in [2.24, 2.45) is 10.7 Å². The van der Waals surface area contributed by atoms with Gasteiger partial charge in [-0.05, 0) is 45.2 Å². The van der Waals surface area contributed by atoms with Gasteiger partial charge in [-0.15, -0.1) is 0 Å². The lowest BCUT2D eigenvalue weighted by molar-refractivity contribution is 0.0576. The highest BCUT2D eigenvalue weighted by atomic mass is 16.6. The third-order valence-corrected chi connectivity index (χ3v) is 3.86. The highest BCUT2D eigenvalue weighted by molar-refractivity contribution is 5.88. The smallest absolute Gasteiger partial charge is 0.416 e. The first-order valence-electron chi connectivity index (χ1n) is 8.85. The van der Waals surface area contributed by atoms with E-state index in [2.05, 4.69) is 9.98 Å². The molecule has 0 atom stereocenters. The first-order chi connectivity index (χ1) is 12.3. The highest BCUT2D eigenvalue weighted by Gasteiger charge is 2.28. The number of aromatic nitrogens is 1. The van der Waals surface area contributed by atoms with Gasteiger partial charge in [-0.25, -0.2) is 9.78 Å². The molecular formula is C19H28N4O3. The number of carbonyl (C=O) groups is 1. The van der Waals surface area contributed by atoms with Crippen LogP contribution >= 0.6 is 0 Å². The van der Waals surface area contributed by atoms with E-state index in [1.54, 1.807) is 11.1 Å². The minimum absolute atomic E-state index is 0.137. The molecule has 0 spiro atoms. The van der Waals surface area contributed by atoms with Crippen molar-refractivity contribution in [2.45, 2.75) is 45.6 Å². The molecule has 7 nitrogen and oxygen atoms in total. The maximum atomic E-state index is 12.5. The van der Waals surface area contributed by atoms with Gasteiger partial charge in [0.1, 0.15) is 11.4 Å². The lowest BCUT2D eigenvalue weighted by Crippen LogP contribution is -2.40. The second-order valence-corrected chi connectivity index (χ2v) is 7.21. The van der Waals surface area contributed by atoms with Crippen LogP contribution in [-0.4, -0.2) is 47.7 Å². The summed E-state index contributed by atoms with van der Waals surface area (Å²) in [6.07, 6.45) is 4.97. The third-order valence-electron chi connectivity index (χ3n) is 3.86. The van der Waals surface area contributed by atoms with Gasteiger partial charge in [0.2, 0.25) is 0 Å². The van der Waals surface area contributed by atoms with Gasteiger partial charge in [-0.3, -0.25) is 9.89 Å². The van der Waals surface area contributed by atoms with Gasteiger partial charge in [0.05, 0.1) is 6.61 Å². The van der Waals surface area contributed by atoms with E-state index in [1.807, 2.05) is 32.9 Å². The van der Waals surface area contributed by atoms with Crippen molar-refractivity contribution in [3.8, 4) is 0 Å². The summed E-state index contributed by atoms with van der Waals surface area (Å²) < 4.78 is 5.51. The average molecular weight is 360 g/mol. The summed E-state index contributed by atoms with van der Waals surface area (Å²) in [5, 5.41) is 9.04. The van der Waals surface area contributed by atoms with Crippen LogP contribution in [0.25, 0.3) is 0 Å². The number of ether oxygens (including phenoxy) is 1. The van der Waals surface area contributed by atoms with E-state index in [9.17, 15) is 4.79 Å². The largest absolute Gasteiger partial charge is 0.443 e. The summed E-state index contributed by atoms with van der Waals surface area (Å²) in [5.41, 5.74) is 7.31. The predicted octanol–water partition coefficient (Wildman–Crippen LogP) is 2.22. The lowest BCUT2D eigenvalue weighted by Gasteiger charge is -2.31. The monoisotopic (exact) mass is 360 g/mol. The maximum absolute atomic E-state index is 12.5. The molecule has 2 rings (SSSR count). The Morgan fingerprint density at radius 1 is 1.46 bits per heavy atom. The second kappa shape index (κ2) is 8.80. The number of nitrogens with zero attached hydrogens (tertiary/aromatic N) is 3. The van der Waals surface area contributed by atoms with Gasteiger partial charge in [0.15, 0.2) is 0 Å². The summed E-state index contributed by atoms with van der Waals surface area (Å²) in [7, 11) is 0. The normalized spacial score (nSPS) is 15.2. The number of aryl methyl sites for hydroxylation is 1. The molecule has 142 valence electrons. The third kappa shape index (κ3) is 5.56. The van der Waals surface area contributed by atoms with Crippen molar-refractivity contribution in [3.05, 3.63) is 35.2 Å². The van der Waals surface area contributed by atoms with Crippen LogP contribution in [0.3, 0.4) is 0 Å². The molecule has 1 aromatic rings. The summed E-state index contributed by atoms with van der Waals surface area (Å²) in [6.45, 7) is 6.56. The van der Waals surface area contributed by atoms with E-state index in [0.717, 1.165) is 24.1 Å². The first-order valence-corrected chi connectivity index (χ1v) is 8.85. The van der Waals surface area contributed by atoms with Gasteiger partial charge in [0.25, 0.3) is 0 Å². The van der Waals surface area contributed by atoms with Crippen molar-refractivity contribution in [1.29, 1.82) is 0 Å². The summed E-state index contributed by atoms with van der Waals surface area (Å²) in [4.78, 5) is 23.0. The number of fused-ring (bicyclic) bond motifs is 1. The molecule has 2 heterocycles.